The summed E-state index contributed by atoms with van der Waals surface area (Å²) in [6, 6.07) is 2.82. The van der Waals surface area contributed by atoms with E-state index in [0.717, 1.165) is 0 Å². The summed E-state index contributed by atoms with van der Waals surface area (Å²) in [7, 11) is 0. The molecule has 1 heterocycles. The number of nitrogens with zero attached hydrogens (tertiary/aromatic N) is 1. The van der Waals surface area contributed by atoms with Crippen molar-refractivity contribution in [2.24, 2.45) is 11.7 Å². The van der Waals surface area contributed by atoms with Crippen molar-refractivity contribution in [1.29, 1.82) is 0 Å². The first-order valence-corrected chi connectivity index (χ1v) is 7.22. The third-order valence-corrected chi connectivity index (χ3v) is 4.27. The van der Waals surface area contributed by atoms with Crippen LogP contribution in [0.1, 0.15) is 16.8 Å². The van der Waals surface area contributed by atoms with Crippen LogP contribution in [0.3, 0.4) is 0 Å². The highest BCUT2D eigenvalue weighted by atomic mass is 79.9. The fraction of sp³-hybridized carbons (Fsp3) is 0.250. The highest BCUT2D eigenvalue weighted by molar-refractivity contribution is 9.11. The minimum Gasteiger partial charge on any atom is -0.478 e. The van der Waals surface area contributed by atoms with Crippen molar-refractivity contribution in [2.75, 3.05) is 11.4 Å². The molecule has 20 heavy (non-hydrogen) atoms. The minimum absolute atomic E-state index is 0.0644. The van der Waals surface area contributed by atoms with Gasteiger partial charge >= 0.3 is 5.97 Å². The first kappa shape index (κ1) is 15.0. The number of aromatic carboxylic acids is 1. The highest BCUT2D eigenvalue weighted by Crippen LogP contribution is 2.38. The van der Waals surface area contributed by atoms with Crippen molar-refractivity contribution in [3.63, 3.8) is 0 Å². The minimum atomic E-state index is -1.07. The molecule has 1 atom stereocenters. The zero-order chi connectivity index (χ0) is 15.0. The Morgan fingerprint density at radius 3 is 2.25 bits per heavy atom. The van der Waals surface area contributed by atoms with Crippen molar-refractivity contribution in [3.05, 3.63) is 26.6 Å². The fourth-order valence-corrected chi connectivity index (χ4v) is 3.68. The largest absolute Gasteiger partial charge is 0.478 e. The van der Waals surface area contributed by atoms with Gasteiger partial charge in [0.2, 0.25) is 11.8 Å². The topological polar surface area (TPSA) is 101 Å². The Morgan fingerprint density at radius 1 is 1.30 bits per heavy atom. The van der Waals surface area contributed by atoms with Crippen molar-refractivity contribution in [3.8, 4) is 0 Å². The lowest BCUT2D eigenvalue weighted by Gasteiger charge is -2.20. The smallest absolute Gasteiger partial charge is 0.335 e. The summed E-state index contributed by atoms with van der Waals surface area (Å²) in [6.07, 6.45) is 0.0644. The number of hydrogen-bond acceptors (Lipinski definition) is 3. The van der Waals surface area contributed by atoms with Crippen LogP contribution in [-0.2, 0) is 9.59 Å². The Hall–Kier alpha value is -1.41. The molecular formula is C12H10Br2N2O4. The van der Waals surface area contributed by atoms with Gasteiger partial charge in [-0.2, -0.15) is 0 Å². The molecule has 2 rings (SSSR count). The van der Waals surface area contributed by atoms with Gasteiger partial charge in [0.05, 0.1) is 17.2 Å². The molecule has 6 nitrogen and oxygen atoms in total. The van der Waals surface area contributed by atoms with Crippen molar-refractivity contribution < 1.29 is 19.5 Å². The highest BCUT2D eigenvalue weighted by Gasteiger charge is 2.35. The van der Waals surface area contributed by atoms with Gasteiger partial charge in [0, 0.05) is 21.9 Å². The van der Waals surface area contributed by atoms with E-state index in [4.69, 9.17) is 10.8 Å². The summed E-state index contributed by atoms with van der Waals surface area (Å²) in [5.41, 5.74) is 5.81. The second kappa shape index (κ2) is 5.53. The summed E-state index contributed by atoms with van der Waals surface area (Å²) >= 11 is 6.51. The standard InChI is InChI=1S/C12H10Br2N2O4/c13-7-1-5(12(19)20)2-8(14)10(7)16-4-6(11(15)18)3-9(16)17/h1-2,6H,3-4H2,(H2,15,18)(H,19,20). The number of carbonyl (C=O) groups is 3. The molecule has 1 aliphatic heterocycles. The maximum atomic E-state index is 12.0. The number of carboxylic acid groups (broad SMARTS) is 1. The van der Waals surface area contributed by atoms with Crippen molar-refractivity contribution in [1.82, 2.24) is 0 Å². The van der Waals surface area contributed by atoms with E-state index in [1.165, 1.54) is 17.0 Å². The van der Waals surface area contributed by atoms with Crippen molar-refractivity contribution in [2.45, 2.75) is 6.42 Å². The Kier molecular flexibility index (Phi) is 4.14. The maximum Gasteiger partial charge on any atom is 0.335 e. The molecule has 1 aromatic rings. The number of hydrogen-bond donors (Lipinski definition) is 2. The van der Waals surface area contributed by atoms with Gasteiger partial charge in [-0.05, 0) is 44.0 Å². The monoisotopic (exact) mass is 404 g/mol. The Morgan fingerprint density at radius 2 is 1.85 bits per heavy atom. The number of primary amides is 1. The average molecular weight is 406 g/mol. The Bertz CT molecular complexity index is 594. The normalized spacial score (nSPS) is 18.4. The predicted molar refractivity (Wildman–Crippen MR) is 78.5 cm³/mol. The molecule has 1 aromatic carbocycles. The van der Waals surface area contributed by atoms with E-state index in [2.05, 4.69) is 31.9 Å². The lowest BCUT2D eigenvalue weighted by Crippen LogP contribution is -2.29. The lowest BCUT2D eigenvalue weighted by molar-refractivity contribution is -0.123. The number of benzene rings is 1. The molecule has 2 amide bonds. The first-order valence-electron chi connectivity index (χ1n) is 5.63. The SMILES string of the molecule is NC(=O)C1CC(=O)N(c2c(Br)cc(C(=O)O)cc2Br)C1. The average Bonchev–Trinajstić information content (AvgIpc) is 2.70. The van der Waals surface area contributed by atoms with Gasteiger partial charge in [0.15, 0.2) is 0 Å². The van der Waals surface area contributed by atoms with E-state index in [9.17, 15) is 14.4 Å². The maximum absolute atomic E-state index is 12.0. The van der Waals surface area contributed by atoms with Gasteiger partial charge in [-0.1, -0.05) is 0 Å². The van der Waals surface area contributed by atoms with Gasteiger partial charge in [0.1, 0.15) is 0 Å². The quantitative estimate of drug-likeness (QED) is 0.799. The number of carbonyl (C=O) groups excluding carboxylic acids is 2. The predicted octanol–water partition coefficient (Wildman–Crippen LogP) is 1.75. The number of rotatable bonds is 3. The summed E-state index contributed by atoms with van der Waals surface area (Å²) in [4.78, 5) is 35.5. The molecule has 0 saturated carbocycles. The van der Waals surface area contributed by atoms with Crippen LogP contribution in [0.4, 0.5) is 5.69 Å². The number of halogens is 2. The van der Waals surface area contributed by atoms with Crippen LogP contribution in [0.2, 0.25) is 0 Å². The van der Waals surface area contributed by atoms with E-state index in [-0.39, 0.29) is 24.4 Å². The molecule has 1 fully saturated rings. The molecule has 0 radical (unpaired) electrons. The molecule has 8 heteroatoms. The first-order chi connectivity index (χ1) is 9.31. The molecule has 1 saturated heterocycles. The molecule has 0 spiro atoms. The van der Waals surface area contributed by atoms with Crippen LogP contribution >= 0.6 is 31.9 Å². The van der Waals surface area contributed by atoms with Crippen LogP contribution < -0.4 is 10.6 Å². The molecule has 0 aromatic heterocycles. The lowest BCUT2D eigenvalue weighted by atomic mass is 10.1. The van der Waals surface area contributed by atoms with Gasteiger partial charge in [-0.3, -0.25) is 9.59 Å². The summed E-state index contributed by atoms with van der Waals surface area (Å²) in [5, 5.41) is 8.97. The van der Waals surface area contributed by atoms with Gasteiger partial charge in [0.25, 0.3) is 0 Å². The zero-order valence-corrected chi connectivity index (χ0v) is 13.3. The molecule has 1 unspecified atom stereocenters. The fourth-order valence-electron chi connectivity index (χ4n) is 2.06. The molecule has 0 bridgehead atoms. The second-order valence-corrected chi connectivity index (χ2v) is 6.11. The van der Waals surface area contributed by atoms with Crippen LogP contribution in [0.5, 0.6) is 0 Å². The van der Waals surface area contributed by atoms with Crippen LogP contribution in [0.25, 0.3) is 0 Å². The van der Waals surface area contributed by atoms with E-state index in [1.807, 2.05) is 0 Å². The number of carboxylic acids is 1. The molecule has 1 aliphatic rings. The van der Waals surface area contributed by atoms with Gasteiger partial charge < -0.3 is 15.7 Å². The van der Waals surface area contributed by atoms with E-state index in [0.29, 0.717) is 14.6 Å². The summed E-state index contributed by atoms with van der Waals surface area (Å²) < 4.78 is 0.922. The molecule has 3 N–H and O–H groups in total. The van der Waals surface area contributed by atoms with Gasteiger partial charge in [-0.25, -0.2) is 4.79 Å². The van der Waals surface area contributed by atoms with Crippen LogP contribution in [-0.4, -0.2) is 29.4 Å². The van der Waals surface area contributed by atoms with Gasteiger partial charge in [-0.15, -0.1) is 0 Å². The van der Waals surface area contributed by atoms with Crippen LogP contribution in [0.15, 0.2) is 21.1 Å². The molecule has 0 aliphatic carbocycles. The Labute approximate surface area is 131 Å². The number of amides is 2. The molecular weight excluding hydrogens is 396 g/mol. The van der Waals surface area contributed by atoms with E-state index in [1.54, 1.807) is 0 Å². The zero-order valence-electron chi connectivity index (χ0n) is 10.1. The van der Waals surface area contributed by atoms with E-state index >= 15 is 0 Å². The van der Waals surface area contributed by atoms with Crippen LogP contribution in [0, 0.1) is 5.92 Å². The number of nitrogens with two attached hydrogens (primary N) is 1. The third kappa shape index (κ3) is 2.71. The van der Waals surface area contributed by atoms with Crippen molar-refractivity contribution >= 4 is 55.3 Å². The molecule has 106 valence electrons. The second-order valence-electron chi connectivity index (χ2n) is 4.40. The van der Waals surface area contributed by atoms with E-state index < -0.39 is 17.8 Å². The Balaban J connectivity index is 2.41. The summed E-state index contributed by atoms with van der Waals surface area (Å²) in [6.45, 7) is 0.192. The summed E-state index contributed by atoms with van der Waals surface area (Å²) in [5.74, 6) is -2.34. The number of anilines is 1. The third-order valence-electron chi connectivity index (χ3n) is 3.06.